The van der Waals surface area contributed by atoms with Crippen molar-refractivity contribution in [2.45, 2.75) is 53.6 Å². The van der Waals surface area contributed by atoms with Crippen molar-refractivity contribution < 1.29 is 13.9 Å². The van der Waals surface area contributed by atoms with E-state index in [0.29, 0.717) is 29.7 Å². The van der Waals surface area contributed by atoms with Gasteiger partial charge in [0.05, 0.1) is 37.2 Å². The molecule has 0 aliphatic carbocycles. The average Bonchev–Trinajstić information content (AvgIpc) is 3.41. The fraction of sp³-hybridized carbons (Fsp3) is 0.591. The predicted molar refractivity (Wildman–Crippen MR) is 125 cm³/mol. The van der Waals surface area contributed by atoms with E-state index in [9.17, 15) is 4.79 Å². The maximum atomic E-state index is 12.1. The maximum Gasteiger partial charge on any atom is 0.350 e. The molecule has 2 aromatic heterocycles. The highest BCUT2D eigenvalue weighted by Crippen LogP contribution is 2.25. The van der Waals surface area contributed by atoms with Crippen molar-refractivity contribution in [2.24, 2.45) is 4.99 Å². The largest absolute Gasteiger partial charge is 0.468 e. The Kier molecular flexibility index (Phi) is 10.00. The minimum atomic E-state index is -0.322. The third kappa shape index (κ3) is 6.80. The van der Waals surface area contributed by atoms with Crippen molar-refractivity contribution in [2.75, 3.05) is 32.8 Å². The minimum Gasteiger partial charge on any atom is -0.468 e. The van der Waals surface area contributed by atoms with Crippen molar-refractivity contribution in [3.05, 3.63) is 39.7 Å². The first-order valence-electron chi connectivity index (χ1n) is 10.9. The van der Waals surface area contributed by atoms with Crippen LogP contribution in [0, 0.1) is 6.92 Å². The fourth-order valence-corrected chi connectivity index (χ4v) is 4.25. The normalized spacial score (nSPS) is 13.8. The lowest BCUT2D eigenvalue weighted by atomic mass is 10.2. The van der Waals surface area contributed by atoms with Crippen LogP contribution in [0.3, 0.4) is 0 Å². The number of esters is 1. The lowest BCUT2D eigenvalue weighted by molar-refractivity contribution is 0.0531. The van der Waals surface area contributed by atoms with Gasteiger partial charge < -0.3 is 19.8 Å². The van der Waals surface area contributed by atoms with Gasteiger partial charge in [0, 0.05) is 6.54 Å². The molecule has 0 amide bonds. The molecule has 0 bridgehead atoms. The highest BCUT2D eigenvalue weighted by Gasteiger charge is 2.22. The van der Waals surface area contributed by atoms with Crippen LogP contribution in [-0.2, 0) is 4.74 Å². The molecule has 0 aliphatic rings. The first kappa shape index (κ1) is 24.9. The van der Waals surface area contributed by atoms with Crippen LogP contribution in [0.4, 0.5) is 0 Å². The van der Waals surface area contributed by atoms with E-state index < -0.39 is 0 Å². The van der Waals surface area contributed by atoms with Crippen molar-refractivity contribution in [1.82, 2.24) is 20.5 Å². The van der Waals surface area contributed by atoms with E-state index in [2.05, 4.69) is 34.4 Å². The van der Waals surface area contributed by atoms with Crippen molar-refractivity contribution in [3.8, 4) is 0 Å². The monoisotopic (exact) mass is 449 g/mol. The lowest BCUT2D eigenvalue weighted by Crippen LogP contribution is -2.39. The summed E-state index contributed by atoms with van der Waals surface area (Å²) in [7, 11) is 0. The fourth-order valence-electron chi connectivity index (χ4n) is 3.28. The quantitative estimate of drug-likeness (QED) is 0.305. The molecule has 2 N–H and O–H groups in total. The van der Waals surface area contributed by atoms with Gasteiger partial charge in [-0.1, -0.05) is 13.8 Å². The second-order valence-corrected chi connectivity index (χ2v) is 8.06. The zero-order valence-corrected chi connectivity index (χ0v) is 20.2. The Bertz CT molecular complexity index is 830. The van der Waals surface area contributed by atoms with E-state index in [0.717, 1.165) is 30.4 Å². The second kappa shape index (κ2) is 12.5. The number of aryl methyl sites for hydroxylation is 1. The summed E-state index contributed by atoms with van der Waals surface area (Å²) < 4.78 is 10.8. The van der Waals surface area contributed by atoms with E-state index in [1.54, 1.807) is 13.2 Å². The molecule has 172 valence electrons. The molecule has 2 atom stereocenters. The summed E-state index contributed by atoms with van der Waals surface area (Å²) in [6.45, 7) is 15.4. The lowest BCUT2D eigenvalue weighted by Gasteiger charge is -2.27. The van der Waals surface area contributed by atoms with Gasteiger partial charge in [0.15, 0.2) is 5.96 Å². The summed E-state index contributed by atoms with van der Waals surface area (Å²) in [5, 5.41) is 7.52. The second-order valence-electron chi connectivity index (χ2n) is 7.03. The molecule has 2 rings (SSSR count). The molecule has 0 radical (unpaired) electrons. The van der Waals surface area contributed by atoms with Crippen LogP contribution >= 0.6 is 11.3 Å². The zero-order valence-electron chi connectivity index (χ0n) is 19.4. The SMILES string of the molecule is CCNC(=NCC(c1ccco1)N(CC)CC)NC(C)c1nc(C)c(C(=O)OCC)s1. The number of carbonyl (C=O) groups excluding carboxylic acids is 1. The standard InChI is InChI=1S/C22H35N5O3S/c1-7-23-22(24-14-17(27(8-2)9-3)18-12-11-13-30-18)26-16(6)20-25-15(5)19(31-20)21(28)29-10-4/h11-13,16-17H,7-10,14H2,1-6H3,(H2,23,24,26). The number of thiazole rings is 1. The number of hydrogen-bond acceptors (Lipinski definition) is 7. The van der Waals surface area contributed by atoms with Gasteiger partial charge in [-0.15, -0.1) is 11.3 Å². The van der Waals surface area contributed by atoms with Gasteiger partial charge in [-0.25, -0.2) is 9.78 Å². The van der Waals surface area contributed by atoms with Gasteiger partial charge in [-0.2, -0.15) is 0 Å². The van der Waals surface area contributed by atoms with Crippen molar-refractivity contribution in [3.63, 3.8) is 0 Å². The molecule has 8 nitrogen and oxygen atoms in total. The number of nitrogens with one attached hydrogen (secondary N) is 2. The van der Waals surface area contributed by atoms with Crippen LogP contribution in [0.2, 0.25) is 0 Å². The first-order chi connectivity index (χ1) is 14.9. The van der Waals surface area contributed by atoms with Crippen LogP contribution in [0.5, 0.6) is 0 Å². The van der Waals surface area contributed by atoms with E-state index in [-0.39, 0.29) is 18.1 Å². The minimum absolute atomic E-state index is 0.0632. The molecule has 0 fully saturated rings. The number of guanidine groups is 1. The summed E-state index contributed by atoms with van der Waals surface area (Å²) in [5.41, 5.74) is 0.688. The van der Waals surface area contributed by atoms with E-state index >= 15 is 0 Å². The molecule has 2 unspecified atom stereocenters. The highest BCUT2D eigenvalue weighted by atomic mass is 32.1. The number of aliphatic imine (C=N–C) groups is 1. The van der Waals surface area contributed by atoms with Crippen molar-refractivity contribution >= 4 is 23.3 Å². The smallest absolute Gasteiger partial charge is 0.350 e. The summed E-state index contributed by atoms with van der Waals surface area (Å²) in [5.74, 6) is 1.28. The van der Waals surface area contributed by atoms with Crippen LogP contribution in [0.15, 0.2) is 27.8 Å². The van der Waals surface area contributed by atoms with E-state index in [4.69, 9.17) is 14.1 Å². The Morgan fingerprint density at radius 2 is 2.06 bits per heavy atom. The van der Waals surface area contributed by atoms with Crippen LogP contribution in [-0.4, -0.2) is 54.6 Å². The van der Waals surface area contributed by atoms with Crippen LogP contribution < -0.4 is 10.6 Å². The Hall–Kier alpha value is -2.39. The third-order valence-corrected chi connectivity index (χ3v) is 6.21. The molecule has 0 saturated heterocycles. The van der Waals surface area contributed by atoms with Gasteiger partial charge >= 0.3 is 5.97 Å². The van der Waals surface area contributed by atoms with Crippen LogP contribution in [0.25, 0.3) is 0 Å². The molecular weight excluding hydrogens is 414 g/mol. The van der Waals surface area contributed by atoms with Gasteiger partial charge in [-0.05, 0) is 52.9 Å². The van der Waals surface area contributed by atoms with Crippen LogP contribution in [0.1, 0.15) is 72.8 Å². The van der Waals surface area contributed by atoms with E-state index in [1.807, 2.05) is 32.9 Å². The molecule has 0 aromatic carbocycles. The Balaban J connectivity index is 2.16. The topological polar surface area (TPSA) is 92.0 Å². The van der Waals surface area contributed by atoms with Gasteiger partial charge in [0.25, 0.3) is 0 Å². The number of likely N-dealkylation sites (N-methyl/N-ethyl adjacent to an activating group) is 1. The molecule has 0 aliphatic heterocycles. The van der Waals surface area contributed by atoms with E-state index in [1.165, 1.54) is 11.3 Å². The van der Waals surface area contributed by atoms with Gasteiger partial charge in [0.2, 0.25) is 0 Å². The summed E-state index contributed by atoms with van der Waals surface area (Å²) in [6, 6.07) is 3.86. The average molecular weight is 450 g/mol. The first-order valence-corrected chi connectivity index (χ1v) is 11.7. The molecule has 2 heterocycles. The number of nitrogens with zero attached hydrogens (tertiary/aromatic N) is 3. The number of aromatic nitrogens is 1. The summed E-state index contributed by atoms with van der Waals surface area (Å²) in [6.07, 6.45) is 1.70. The number of ether oxygens (including phenoxy) is 1. The van der Waals surface area contributed by atoms with Crippen molar-refractivity contribution in [1.29, 1.82) is 0 Å². The Morgan fingerprint density at radius 1 is 1.32 bits per heavy atom. The summed E-state index contributed by atoms with van der Waals surface area (Å²) >= 11 is 1.36. The van der Waals surface area contributed by atoms with Gasteiger partial charge in [0.1, 0.15) is 15.6 Å². The molecule has 0 saturated carbocycles. The Morgan fingerprint density at radius 3 is 2.65 bits per heavy atom. The number of hydrogen-bond donors (Lipinski definition) is 2. The number of carbonyl (C=O) groups is 1. The Labute approximate surface area is 189 Å². The molecule has 9 heteroatoms. The zero-order chi connectivity index (χ0) is 22.8. The number of rotatable bonds is 11. The molecule has 31 heavy (non-hydrogen) atoms. The highest BCUT2D eigenvalue weighted by molar-refractivity contribution is 7.13. The third-order valence-electron chi connectivity index (χ3n) is 4.89. The number of furan rings is 1. The predicted octanol–water partition coefficient (Wildman–Crippen LogP) is 3.92. The maximum absolute atomic E-state index is 12.1. The molecule has 0 spiro atoms. The summed E-state index contributed by atoms with van der Waals surface area (Å²) in [4.78, 5) is 24.4. The molecule has 2 aromatic rings. The van der Waals surface area contributed by atoms with Gasteiger partial charge in [-0.3, -0.25) is 9.89 Å². The molecular formula is C22H35N5O3S.